The second kappa shape index (κ2) is 12.9. The van der Waals surface area contributed by atoms with Gasteiger partial charge in [0.15, 0.2) is 0 Å². The molecule has 1 aromatic heterocycles. The maximum absolute atomic E-state index is 13.5. The summed E-state index contributed by atoms with van der Waals surface area (Å²) < 4.78 is 8.11. The average molecular weight is 537 g/mol. The lowest BCUT2D eigenvalue weighted by molar-refractivity contribution is 0.0696. The van der Waals surface area contributed by atoms with Crippen molar-refractivity contribution in [3.8, 4) is 5.88 Å². The van der Waals surface area contributed by atoms with Gasteiger partial charge in [0.1, 0.15) is 5.56 Å². The maximum Gasteiger partial charge on any atom is 0.335 e. The summed E-state index contributed by atoms with van der Waals surface area (Å²) in [6.45, 7) is 3.77. The molecule has 0 radical (unpaired) electrons. The molecule has 3 aliphatic rings. The Morgan fingerprint density at radius 3 is 2.59 bits per heavy atom. The smallest absolute Gasteiger partial charge is 0.335 e. The number of fused-ring (bicyclic) bond motifs is 2. The van der Waals surface area contributed by atoms with Crippen molar-refractivity contribution in [1.29, 1.82) is 0 Å². The second-order valence-electron chi connectivity index (χ2n) is 12.1. The first-order chi connectivity index (χ1) is 19.0. The fourth-order valence-corrected chi connectivity index (χ4v) is 7.05. The number of hydrogen-bond donors (Lipinski definition) is 3. The van der Waals surface area contributed by atoms with Crippen LogP contribution >= 0.6 is 0 Å². The predicted molar refractivity (Wildman–Crippen MR) is 151 cm³/mol. The van der Waals surface area contributed by atoms with Crippen LogP contribution in [-0.2, 0) is 6.54 Å². The third-order valence-electron chi connectivity index (χ3n) is 9.21. The third kappa shape index (κ3) is 7.14. The van der Waals surface area contributed by atoms with Crippen molar-refractivity contribution >= 4 is 17.6 Å². The molecule has 3 aliphatic carbocycles. The molecule has 3 unspecified atom stereocenters. The molecule has 39 heavy (non-hydrogen) atoms. The first kappa shape index (κ1) is 27.5. The second-order valence-corrected chi connectivity index (χ2v) is 12.1. The summed E-state index contributed by atoms with van der Waals surface area (Å²) in [7, 11) is 0. The molecular weight excluding hydrogens is 492 g/mol. The quantitative estimate of drug-likeness (QED) is 0.326. The van der Waals surface area contributed by atoms with Gasteiger partial charge in [-0.15, -0.1) is 0 Å². The normalized spacial score (nSPS) is 24.1. The molecule has 0 aliphatic heterocycles. The van der Waals surface area contributed by atoms with Gasteiger partial charge in [-0.3, -0.25) is 4.79 Å². The standard InChI is InChI=1S/C31H44N4O4/c1-21(26-16-23-9-5-10-24(15-23)17-26)34-29(36)28-19-33-35(30(28)39-20-22-7-3-2-4-8-22)14-13-32-27-12-6-11-25(18-27)31(37)38/h6,11-12,18-19,21-24,26,32H,2-5,7-10,13-17,20H2,1H3,(H,34,36)(H,37,38). The molecule has 3 atom stereocenters. The van der Waals surface area contributed by atoms with E-state index in [2.05, 4.69) is 22.7 Å². The van der Waals surface area contributed by atoms with Crippen LogP contribution in [0, 0.1) is 23.7 Å². The monoisotopic (exact) mass is 536 g/mol. The highest BCUT2D eigenvalue weighted by molar-refractivity contribution is 5.96. The molecule has 2 aromatic rings. The van der Waals surface area contributed by atoms with E-state index in [1.807, 2.05) is 6.07 Å². The summed E-state index contributed by atoms with van der Waals surface area (Å²) in [5.74, 6) is 2.16. The number of nitrogens with zero attached hydrogens (tertiary/aromatic N) is 2. The molecule has 5 rings (SSSR count). The summed E-state index contributed by atoms with van der Waals surface area (Å²) in [5.41, 5.74) is 1.47. The Balaban J connectivity index is 1.24. The zero-order valence-electron chi connectivity index (χ0n) is 23.2. The van der Waals surface area contributed by atoms with E-state index < -0.39 is 5.97 Å². The Labute approximate surface area is 231 Å². The third-order valence-corrected chi connectivity index (χ3v) is 9.21. The summed E-state index contributed by atoms with van der Waals surface area (Å²) >= 11 is 0. The number of carboxylic acid groups (broad SMARTS) is 1. The molecule has 212 valence electrons. The number of rotatable bonds is 11. The highest BCUT2D eigenvalue weighted by Gasteiger charge is 2.35. The number of carbonyl (C=O) groups is 2. The fraction of sp³-hybridized carbons (Fsp3) is 0.645. The van der Waals surface area contributed by atoms with Crippen LogP contribution in [0.1, 0.15) is 98.3 Å². The molecule has 8 nitrogen and oxygen atoms in total. The average Bonchev–Trinajstić information content (AvgIpc) is 3.35. The minimum Gasteiger partial charge on any atom is -0.478 e. The molecule has 0 saturated heterocycles. The van der Waals surface area contributed by atoms with Gasteiger partial charge in [-0.2, -0.15) is 5.10 Å². The molecular formula is C31H44N4O4. The first-order valence-electron chi connectivity index (χ1n) is 15.0. The number of carboxylic acids is 1. The van der Waals surface area contributed by atoms with Gasteiger partial charge in [0.05, 0.1) is 24.9 Å². The number of nitrogens with one attached hydrogen (secondary N) is 2. The van der Waals surface area contributed by atoms with Gasteiger partial charge < -0.3 is 20.5 Å². The van der Waals surface area contributed by atoms with Gasteiger partial charge in [0.2, 0.25) is 5.88 Å². The van der Waals surface area contributed by atoms with E-state index in [-0.39, 0.29) is 17.5 Å². The largest absolute Gasteiger partial charge is 0.478 e. The Kier molecular flexibility index (Phi) is 9.09. The lowest BCUT2D eigenvalue weighted by Gasteiger charge is -2.41. The number of hydrogen-bond acceptors (Lipinski definition) is 5. The topological polar surface area (TPSA) is 105 Å². The highest BCUT2D eigenvalue weighted by Crippen LogP contribution is 2.43. The minimum absolute atomic E-state index is 0.106. The van der Waals surface area contributed by atoms with Crippen LogP contribution in [0.5, 0.6) is 5.88 Å². The van der Waals surface area contributed by atoms with Crippen molar-refractivity contribution in [1.82, 2.24) is 15.1 Å². The van der Waals surface area contributed by atoms with Gasteiger partial charge >= 0.3 is 5.97 Å². The fourth-order valence-electron chi connectivity index (χ4n) is 7.05. The van der Waals surface area contributed by atoms with E-state index >= 15 is 0 Å². The van der Waals surface area contributed by atoms with Crippen molar-refractivity contribution in [3.63, 3.8) is 0 Å². The maximum atomic E-state index is 13.5. The summed E-state index contributed by atoms with van der Waals surface area (Å²) in [6.07, 6.45) is 15.6. The van der Waals surface area contributed by atoms with Crippen molar-refractivity contribution in [2.45, 2.75) is 90.1 Å². The Bertz CT molecular complexity index is 1110. The van der Waals surface area contributed by atoms with Crippen LogP contribution in [0.4, 0.5) is 5.69 Å². The number of aromatic carboxylic acids is 1. The van der Waals surface area contributed by atoms with E-state index in [1.54, 1.807) is 29.1 Å². The number of amides is 1. The van der Waals surface area contributed by atoms with Gasteiger partial charge in [-0.25, -0.2) is 9.48 Å². The first-order valence-corrected chi connectivity index (χ1v) is 15.0. The van der Waals surface area contributed by atoms with Crippen LogP contribution in [0.25, 0.3) is 0 Å². The Morgan fingerprint density at radius 2 is 1.85 bits per heavy atom. The molecule has 1 amide bonds. The van der Waals surface area contributed by atoms with E-state index in [0.717, 1.165) is 30.4 Å². The van der Waals surface area contributed by atoms with Crippen molar-refractivity contribution in [2.75, 3.05) is 18.5 Å². The zero-order valence-corrected chi connectivity index (χ0v) is 23.2. The summed E-state index contributed by atoms with van der Waals surface area (Å²) in [6, 6.07) is 6.88. The van der Waals surface area contributed by atoms with E-state index in [1.165, 1.54) is 57.8 Å². The number of aromatic nitrogens is 2. The van der Waals surface area contributed by atoms with Gasteiger partial charge in [-0.05, 0) is 80.9 Å². The molecule has 8 heteroatoms. The number of ether oxygens (including phenoxy) is 1. The number of carbonyl (C=O) groups excluding carboxylic acids is 1. The minimum atomic E-state index is -0.953. The van der Waals surface area contributed by atoms with Crippen LogP contribution < -0.4 is 15.4 Å². The number of anilines is 1. The van der Waals surface area contributed by atoms with Crippen molar-refractivity contribution in [3.05, 3.63) is 41.6 Å². The summed E-state index contributed by atoms with van der Waals surface area (Å²) in [5, 5.41) is 20.4. The predicted octanol–water partition coefficient (Wildman–Crippen LogP) is 5.99. The van der Waals surface area contributed by atoms with Crippen LogP contribution in [-0.4, -0.2) is 46.0 Å². The SMILES string of the molecule is CC(NC(=O)c1cnn(CCNc2cccc(C(=O)O)c2)c1OCC1CCCCC1)C1CC2CCCC(C2)C1. The van der Waals surface area contributed by atoms with Crippen LogP contribution in [0.15, 0.2) is 30.5 Å². The molecule has 3 saturated carbocycles. The van der Waals surface area contributed by atoms with Crippen LogP contribution in [0.2, 0.25) is 0 Å². The molecule has 2 bridgehead atoms. The lowest BCUT2D eigenvalue weighted by atomic mass is 9.66. The van der Waals surface area contributed by atoms with Crippen LogP contribution in [0.3, 0.4) is 0 Å². The molecule has 1 aromatic carbocycles. The van der Waals surface area contributed by atoms with E-state index in [4.69, 9.17) is 4.74 Å². The van der Waals surface area contributed by atoms with Gasteiger partial charge in [-0.1, -0.05) is 44.6 Å². The number of benzene rings is 1. The Morgan fingerprint density at radius 1 is 1.08 bits per heavy atom. The van der Waals surface area contributed by atoms with Crippen molar-refractivity contribution < 1.29 is 19.4 Å². The zero-order chi connectivity index (χ0) is 27.2. The lowest BCUT2D eigenvalue weighted by Crippen LogP contribution is -2.42. The Hall–Kier alpha value is -3.03. The highest BCUT2D eigenvalue weighted by atomic mass is 16.5. The van der Waals surface area contributed by atoms with E-state index in [9.17, 15) is 14.7 Å². The molecule has 3 fully saturated rings. The van der Waals surface area contributed by atoms with E-state index in [0.29, 0.717) is 43.0 Å². The molecule has 0 spiro atoms. The molecule has 3 N–H and O–H groups in total. The van der Waals surface area contributed by atoms with Crippen molar-refractivity contribution in [2.24, 2.45) is 23.7 Å². The van der Waals surface area contributed by atoms with Gasteiger partial charge in [0, 0.05) is 18.3 Å². The van der Waals surface area contributed by atoms with Gasteiger partial charge in [0.25, 0.3) is 5.91 Å². The summed E-state index contributed by atoms with van der Waals surface area (Å²) in [4.78, 5) is 24.8. The molecule has 1 heterocycles.